The van der Waals surface area contributed by atoms with Crippen LogP contribution in [0, 0.1) is 5.82 Å². The van der Waals surface area contributed by atoms with Gasteiger partial charge in [-0.3, -0.25) is 4.79 Å². The van der Waals surface area contributed by atoms with Gasteiger partial charge < -0.3 is 10.0 Å². The van der Waals surface area contributed by atoms with E-state index in [2.05, 4.69) is 4.90 Å². The van der Waals surface area contributed by atoms with Crippen molar-refractivity contribution in [2.24, 2.45) is 0 Å². The number of hydrogen-bond acceptors (Lipinski definition) is 3. The maximum Gasteiger partial charge on any atom is 0.194 e. The Hall–Kier alpha value is -1.26. The Morgan fingerprint density at radius 3 is 2.35 bits per heavy atom. The number of carbonyl (C=O) groups is 1. The van der Waals surface area contributed by atoms with Gasteiger partial charge in [-0.1, -0.05) is 0 Å². The highest BCUT2D eigenvalue weighted by Gasteiger charge is 2.38. The normalized spacial score (nSPS) is 20.2. The van der Waals surface area contributed by atoms with Gasteiger partial charge in [-0.15, -0.1) is 0 Å². The molecule has 0 radical (unpaired) electrons. The van der Waals surface area contributed by atoms with E-state index >= 15 is 0 Å². The lowest BCUT2D eigenvalue weighted by molar-refractivity contribution is -0.00196. The topological polar surface area (TPSA) is 40.5 Å². The average molecular weight is 237 g/mol. The molecule has 0 amide bonds. The first-order valence-electron chi connectivity index (χ1n) is 5.72. The zero-order valence-corrected chi connectivity index (χ0v) is 9.82. The number of carbonyl (C=O) groups excluding carboxylic acids is 1. The minimum Gasteiger partial charge on any atom is -0.382 e. The van der Waals surface area contributed by atoms with E-state index in [-0.39, 0.29) is 11.6 Å². The van der Waals surface area contributed by atoms with Gasteiger partial charge in [0.25, 0.3) is 0 Å². The summed E-state index contributed by atoms with van der Waals surface area (Å²) in [5, 5.41) is 10.3. The molecule has 1 heterocycles. The largest absolute Gasteiger partial charge is 0.382 e. The zero-order valence-electron chi connectivity index (χ0n) is 9.82. The first-order valence-corrected chi connectivity index (χ1v) is 5.72. The van der Waals surface area contributed by atoms with Crippen molar-refractivity contribution in [1.29, 1.82) is 0 Å². The molecule has 0 bridgehead atoms. The average Bonchev–Trinajstić information content (AvgIpc) is 2.33. The molecule has 1 aromatic carbocycles. The number of aliphatic hydroxyl groups is 1. The van der Waals surface area contributed by atoms with Crippen LogP contribution < -0.4 is 0 Å². The van der Waals surface area contributed by atoms with Gasteiger partial charge >= 0.3 is 0 Å². The molecule has 0 aliphatic carbocycles. The number of likely N-dealkylation sites (tertiary alicyclic amines) is 1. The summed E-state index contributed by atoms with van der Waals surface area (Å²) in [7, 11) is 1.96. The van der Waals surface area contributed by atoms with Gasteiger partial charge in [-0.2, -0.15) is 0 Å². The van der Waals surface area contributed by atoms with Gasteiger partial charge in [0.05, 0.1) is 0 Å². The van der Waals surface area contributed by atoms with E-state index in [9.17, 15) is 14.3 Å². The SMILES string of the molecule is CN1CCC(O)(C(=O)c2ccc(F)cc2)CC1. The van der Waals surface area contributed by atoms with E-state index in [4.69, 9.17) is 0 Å². The molecular formula is C13H16FNO2. The number of halogens is 1. The number of Topliss-reactive ketones (excluding diaryl/α,β-unsaturated/α-hetero) is 1. The number of rotatable bonds is 2. The maximum absolute atomic E-state index is 12.8. The van der Waals surface area contributed by atoms with Gasteiger partial charge in [0.1, 0.15) is 11.4 Å². The van der Waals surface area contributed by atoms with Gasteiger partial charge in [-0.25, -0.2) is 4.39 Å². The number of benzene rings is 1. The quantitative estimate of drug-likeness (QED) is 0.792. The van der Waals surface area contributed by atoms with Crippen LogP contribution in [0.3, 0.4) is 0 Å². The highest BCUT2D eigenvalue weighted by molar-refractivity contribution is 6.02. The fourth-order valence-corrected chi connectivity index (χ4v) is 2.09. The molecule has 1 saturated heterocycles. The predicted molar refractivity (Wildman–Crippen MR) is 62.4 cm³/mol. The third-order valence-corrected chi connectivity index (χ3v) is 3.34. The Balaban J connectivity index is 2.16. The van der Waals surface area contributed by atoms with Crippen LogP contribution in [0.1, 0.15) is 23.2 Å². The summed E-state index contributed by atoms with van der Waals surface area (Å²) in [4.78, 5) is 14.2. The number of hydrogen-bond donors (Lipinski definition) is 1. The Morgan fingerprint density at radius 1 is 1.29 bits per heavy atom. The fraction of sp³-hybridized carbons (Fsp3) is 0.462. The lowest BCUT2D eigenvalue weighted by Gasteiger charge is -2.35. The Bertz CT molecular complexity index is 408. The third-order valence-electron chi connectivity index (χ3n) is 3.34. The second-order valence-electron chi connectivity index (χ2n) is 4.67. The van der Waals surface area contributed by atoms with Crippen LogP contribution in [0.2, 0.25) is 0 Å². The minimum absolute atomic E-state index is 0.300. The van der Waals surface area contributed by atoms with Gasteiger partial charge in [0.15, 0.2) is 5.78 Å². The number of nitrogens with zero attached hydrogens (tertiary/aromatic N) is 1. The van der Waals surface area contributed by atoms with Crippen LogP contribution in [-0.4, -0.2) is 41.5 Å². The molecule has 0 unspecified atom stereocenters. The standard InChI is InChI=1S/C13H16FNO2/c1-15-8-6-13(17,7-9-15)12(16)10-2-4-11(14)5-3-10/h2-5,17H,6-9H2,1H3. The molecular weight excluding hydrogens is 221 g/mol. The molecule has 1 fully saturated rings. The Labute approximate surface area is 99.9 Å². The molecule has 2 rings (SSSR count). The third kappa shape index (κ3) is 2.53. The fourth-order valence-electron chi connectivity index (χ4n) is 2.09. The van der Waals surface area contributed by atoms with Crippen molar-refractivity contribution in [3.8, 4) is 0 Å². The van der Waals surface area contributed by atoms with E-state index < -0.39 is 5.60 Å². The smallest absolute Gasteiger partial charge is 0.194 e. The molecule has 3 nitrogen and oxygen atoms in total. The summed E-state index contributed by atoms with van der Waals surface area (Å²) in [6, 6.07) is 5.33. The molecule has 1 aliphatic heterocycles. The Morgan fingerprint density at radius 2 is 1.82 bits per heavy atom. The molecule has 0 spiro atoms. The first kappa shape index (κ1) is 12.2. The van der Waals surface area contributed by atoms with Gasteiger partial charge in [0.2, 0.25) is 0 Å². The molecule has 4 heteroatoms. The van der Waals surface area contributed by atoms with Crippen molar-refractivity contribution in [2.45, 2.75) is 18.4 Å². The lowest BCUT2D eigenvalue weighted by atomic mass is 9.84. The van der Waals surface area contributed by atoms with E-state index in [0.29, 0.717) is 31.5 Å². The van der Waals surface area contributed by atoms with Crippen LogP contribution in [-0.2, 0) is 0 Å². The monoisotopic (exact) mass is 237 g/mol. The minimum atomic E-state index is -1.29. The lowest BCUT2D eigenvalue weighted by Crippen LogP contribution is -2.48. The highest BCUT2D eigenvalue weighted by Crippen LogP contribution is 2.25. The van der Waals surface area contributed by atoms with Crippen LogP contribution in [0.4, 0.5) is 4.39 Å². The molecule has 92 valence electrons. The summed E-state index contributed by atoms with van der Waals surface area (Å²) in [5.41, 5.74) is -0.914. The van der Waals surface area contributed by atoms with Crippen molar-refractivity contribution >= 4 is 5.78 Å². The number of ketones is 1. The first-order chi connectivity index (χ1) is 8.01. The summed E-state index contributed by atoms with van der Waals surface area (Å²) in [5.74, 6) is -0.678. The molecule has 0 atom stereocenters. The van der Waals surface area contributed by atoms with Crippen LogP contribution in [0.15, 0.2) is 24.3 Å². The molecule has 1 aromatic rings. The maximum atomic E-state index is 12.8. The molecule has 0 saturated carbocycles. The van der Waals surface area contributed by atoms with Crippen molar-refractivity contribution in [2.75, 3.05) is 20.1 Å². The molecule has 1 aliphatic rings. The zero-order chi connectivity index (χ0) is 12.5. The summed E-state index contributed by atoms with van der Waals surface area (Å²) < 4.78 is 12.8. The summed E-state index contributed by atoms with van der Waals surface area (Å²) in [6.45, 7) is 1.40. The van der Waals surface area contributed by atoms with Gasteiger partial charge in [-0.05, 0) is 44.2 Å². The molecule has 1 N–H and O–H groups in total. The predicted octanol–water partition coefficient (Wildman–Crippen LogP) is 1.47. The van der Waals surface area contributed by atoms with E-state index in [0.717, 1.165) is 0 Å². The molecule has 17 heavy (non-hydrogen) atoms. The van der Waals surface area contributed by atoms with E-state index in [1.807, 2.05) is 7.05 Å². The summed E-state index contributed by atoms with van der Waals surface area (Å²) in [6.07, 6.45) is 0.861. The van der Waals surface area contributed by atoms with E-state index in [1.165, 1.54) is 24.3 Å². The Kier molecular flexibility index (Phi) is 3.26. The second kappa shape index (κ2) is 4.55. The van der Waals surface area contributed by atoms with E-state index in [1.54, 1.807) is 0 Å². The van der Waals surface area contributed by atoms with Crippen molar-refractivity contribution in [1.82, 2.24) is 4.90 Å². The number of piperidine rings is 1. The second-order valence-corrected chi connectivity index (χ2v) is 4.67. The molecule has 0 aromatic heterocycles. The van der Waals surface area contributed by atoms with Crippen molar-refractivity contribution in [3.05, 3.63) is 35.6 Å². The summed E-state index contributed by atoms with van der Waals surface area (Å²) >= 11 is 0. The van der Waals surface area contributed by atoms with Gasteiger partial charge in [0, 0.05) is 18.7 Å². The van der Waals surface area contributed by atoms with Crippen LogP contribution >= 0.6 is 0 Å². The van der Waals surface area contributed by atoms with Crippen LogP contribution in [0.5, 0.6) is 0 Å². The van der Waals surface area contributed by atoms with Crippen molar-refractivity contribution < 1.29 is 14.3 Å². The van der Waals surface area contributed by atoms with Crippen molar-refractivity contribution in [3.63, 3.8) is 0 Å². The highest BCUT2D eigenvalue weighted by atomic mass is 19.1. The van der Waals surface area contributed by atoms with Crippen LogP contribution in [0.25, 0.3) is 0 Å².